The molecule has 1 fully saturated rings. The summed E-state index contributed by atoms with van der Waals surface area (Å²) >= 11 is 0. The number of carbonyl (C=O) groups excluding carboxylic acids is 1. The summed E-state index contributed by atoms with van der Waals surface area (Å²) in [5.41, 5.74) is 2.83. The van der Waals surface area contributed by atoms with Crippen LogP contribution in [0.4, 0.5) is 11.4 Å². The fourth-order valence-electron chi connectivity index (χ4n) is 2.77. The number of nitriles is 1. The molecule has 1 saturated heterocycles. The van der Waals surface area contributed by atoms with E-state index < -0.39 is 0 Å². The number of anilines is 1. The van der Waals surface area contributed by atoms with Gasteiger partial charge < -0.3 is 15.4 Å². The molecule has 0 aliphatic carbocycles. The monoisotopic (exact) mass is 382 g/mol. The lowest BCUT2D eigenvalue weighted by Gasteiger charge is -2.12. The van der Waals surface area contributed by atoms with E-state index in [0.29, 0.717) is 36.5 Å². The lowest BCUT2D eigenvalue weighted by molar-refractivity contribution is -0.118. The van der Waals surface area contributed by atoms with Crippen molar-refractivity contribution in [2.24, 2.45) is 0 Å². The molecule has 2 aromatic rings. The summed E-state index contributed by atoms with van der Waals surface area (Å²) in [6.45, 7) is 8.02. The van der Waals surface area contributed by atoms with Crippen molar-refractivity contribution in [3.8, 4) is 6.07 Å². The predicted octanol–water partition coefficient (Wildman–Crippen LogP) is 3.42. The van der Waals surface area contributed by atoms with E-state index in [9.17, 15) is 4.79 Å². The molecule has 6 nitrogen and oxygen atoms in total. The van der Waals surface area contributed by atoms with E-state index in [4.69, 9.17) is 16.6 Å². The van der Waals surface area contributed by atoms with Crippen LogP contribution in [0.25, 0.3) is 4.85 Å². The minimum atomic E-state index is -0.305. The number of carbonyl (C=O) groups is 1. The van der Waals surface area contributed by atoms with Gasteiger partial charge in [0.1, 0.15) is 0 Å². The first-order valence-corrected chi connectivity index (χ1v) is 8.30. The molecule has 27 heavy (non-hydrogen) atoms. The second kappa shape index (κ2) is 9.70. The van der Waals surface area contributed by atoms with Crippen LogP contribution in [0.3, 0.4) is 0 Å². The summed E-state index contributed by atoms with van der Waals surface area (Å²) in [7, 11) is 0. The highest BCUT2D eigenvalue weighted by atomic mass is 35.5. The SMILES string of the molecule is Cl.[C-]#[N+]c1ccc(CO[C@@H]2CN[C@H](C(=O)Nc3ccc(C#N)cc3)C2)cc1. The van der Waals surface area contributed by atoms with Gasteiger partial charge in [0.05, 0.1) is 37.0 Å². The van der Waals surface area contributed by atoms with Crippen molar-refractivity contribution in [3.63, 3.8) is 0 Å². The maximum atomic E-state index is 12.3. The Labute approximate surface area is 164 Å². The maximum Gasteiger partial charge on any atom is 0.241 e. The van der Waals surface area contributed by atoms with Crippen molar-refractivity contribution >= 4 is 29.7 Å². The zero-order chi connectivity index (χ0) is 18.4. The zero-order valence-electron chi connectivity index (χ0n) is 14.5. The van der Waals surface area contributed by atoms with Crippen LogP contribution in [0.1, 0.15) is 17.5 Å². The van der Waals surface area contributed by atoms with Gasteiger partial charge >= 0.3 is 0 Å². The van der Waals surface area contributed by atoms with E-state index in [1.807, 2.05) is 18.2 Å². The topological polar surface area (TPSA) is 78.5 Å². The van der Waals surface area contributed by atoms with E-state index in [-0.39, 0.29) is 30.5 Å². The summed E-state index contributed by atoms with van der Waals surface area (Å²) in [6, 6.07) is 15.8. The summed E-state index contributed by atoms with van der Waals surface area (Å²) in [5, 5.41) is 14.8. The molecule has 0 spiro atoms. The van der Waals surface area contributed by atoms with Gasteiger partial charge in [-0.15, -0.1) is 12.4 Å². The molecule has 138 valence electrons. The van der Waals surface area contributed by atoms with Crippen molar-refractivity contribution in [1.29, 1.82) is 5.26 Å². The smallest absolute Gasteiger partial charge is 0.241 e. The van der Waals surface area contributed by atoms with Crippen molar-refractivity contribution in [3.05, 3.63) is 71.1 Å². The largest absolute Gasteiger partial charge is 0.372 e. The van der Waals surface area contributed by atoms with Gasteiger partial charge in [-0.1, -0.05) is 24.3 Å². The highest BCUT2D eigenvalue weighted by molar-refractivity contribution is 5.95. The third-order valence-corrected chi connectivity index (χ3v) is 4.24. The van der Waals surface area contributed by atoms with Crippen LogP contribution >= 0.6 is 12.4 Å². The lowest BCUT2D eigenvalue weighted by Crippen LogP contribution is -2.35. The van der Waals surface area contributed by atoms with Crippen molar-refractivity contribution in [2.45, 2.75) is 25.2 Å². The molecule has 0 unspecified atom stereocenters. The Morgan fingerprint density at radius 3 is 2.59 bits per heavy atom. The van der Waals surface area contributed by atoms with Crippen molar-refractivity contribution < 1.29 is 9.53 Å². The number of rotatable bonds is 5. The first-order valence-electron chi connectivity index (χ1n) is 8.30. The quantitative estimate of drug-likeness (QED) is 0.777. The van der Waals surface area contributed by atoms with E-state index in [1.54, 1.807) is 36.4 Å². The average molecular weight is 383 g/mol. The van der Waals surface area contributed by atoms with Gasteiger partial charge in [-0.05, 0) is 36.2 Å². The summed E-state index contributed by atoms with van der Waals surface area (Å²) < 4.78 is 5.87. The number of hydrogen-bond acceptors (Lipinski definition) is 4. The van der Waals surface area contributed by atoms with E-state index in [2.05, 4.69) is 15.5 Å². The van der Waals surface area contributed by atoms with Gasteiger partial charge in [-0.2, -0.15) is 5.26 Å². The van der Waals surface area contributed by atoms with Crippen LogP contribution in [0, 0.1) is 17.9 Å². The predicted molar refractivity (Wildman–Crippen MR) is 105 cm³/mol. The first kappa shape index (κ1) is 20.4. The number of nitrogens with zero attached hydrogens (tertiary/aromatic N) is 2. The molecule has 0 aromatic heterocycles. The van der Waals surface area contributed by atoms with Crippen LogP contribution in [0.5, 0.6) is 0 Å². The van der Waals surface area contributed by atoms with Crippen molar-refractivity contribution in [1.82, 2.24) is 5.32 Å². The van der Waals surface area contributed by atoms with E-state index in [1.165, 1.54) is 0 Å². The third kappa shape index (κ3) is 5.54. The molecule has 7 heteroatoms. The van der Waals surface area contributed by atoms with Crippen LogP contribution in [-0.2, 0) is 16.1 Å². The second-order valence-electron chi connectivity index (χ2n) is 6.09. The number of nitrogens with one attached hydrogen (secondary N) is 2. The summed E-state index contributed by atoms with van der Waals surface area (Å²) in [4.78, 5) is 15.7. The molecule has 2 aromatic carbocycles. The standard InChI is InChI=1S/C20H18N4O2.ClH/c1-22-16-6-4-15(5-7-16)13-26-18-10-19(23-12-18)20(25)24-17-8-2-14(11-21)3-9-17;/h2-9,18-19,23H,10,12-13H2,(H,24,25);1H/t18-,19-;/m0./s1. The molecule has 0 saturated carbocycles. The van der Waals surface area contributed by atoms with Gasteiger partial charge in [0, 0.05) is 12.2 Å². The average Bonchev–Trinajstić information content (AvgIpc) is 3.16. The number of halogens is 1. The van der Waals surface area contributed by atoms with Gasteiger partial charge in [0.2, 0.25) is 5.91 Å². The summed E-state index contributed by atoms with van der Waals surface area (Å²) in [6.07, 6.45) is 0.565. The maximum absolute atomic E-state index is 12.3. The molecule has 2 N–H and O–H groups in total. The highest BCUT2D eigenvalue weighted by Gasteiger charge is 2.30. The molecule has 1 heterocycles. The number of benzene rings is 2. The molecule has 1 amide bonds. The molecule has 0 bridgehead atoms. The van der Waals surface area contributed by atoms with Crippen LogP contribution in [0.2, 0.25) is 0 Å². The van der Waals surface area contributed by atoms with E-state index in [0.717, 1.165) is 5.56 Å². The Bertz CT molecular complexity index is 854. The Balaban J connectivity index is 0.00000261. The van der Waals surface area contributed by atoms with Gasteiger partial charge in [0.15, 0.2) is 5.69 Å². The molecule has 3 rings (SSSR count). The summed E-state index contributed by atoms with van der Waals surface area (Å²) in [5.74, 6) is -0.109. The Morgan fingerprint density at radius 1 is 1.26 bits per heavy atom. The zero-order valence-corrected chi connectivity index (χ0v) is 15.3. The molecule has 2 atom stereocenters. The van der Waals surface area contributed by atoms with Gasteiger partial charge in [-0.25, -0.2) is 4.85 Å². The van der Waals surface area contributed by atoms with Crippen LogP contribution in [-0.4, -0.2) is 24.6 Å². The normalized spacial score (nSPS) is 18.0. The van der Waals surface area contributed by atoms with Crippen LogP contribution < -0.4 is 10.6 Å². The molecule has 1 aliphatic rings. The Hall–Kier alpha value is -2.90. The highest BCUT2D eigenvalue weighted by Crippen LogP contribution is 2.17. The van der Waals surface area contributed by atoms with Crippen LogP contribution in [0.15, 0.2) is 48.5 Å². The Morgan fingerprint density at radius 2 is 1.96 bits per heavy atom. The molecular formula is C20H19ClN4O2. The third-order valence-electron chi connectivity index (χ3n) is 4.24. The fraction of sp³-hybridized carbons (Fsp3) is 0.250. The van der Waals surface area contributed by atoms with Crippen molar-refractivity contribution in [2.75, 3.05) is 11.9 Å². The second-order valence-corrected chi connectivity index (χ2v) is 6.09. The number of amides is 1. The lowest BCUT2D eigenvalue weighted by atomic mass is 10.1. The minimum Gasteiger partial charge on any atom is -0.372 e. The number of ether oxygens (including phenoxy) is 1. The molecular weight excluding hydrogens is 364 g/mol. The fourth-order valence-corrected chi connectivity index (χ4v) is 2.77. The minimum absolute atomic E-state index is 0. The Kier molecular flexibility index (Phi) is 7.34. The number of hydrogen-bond donors (Lipinski definition) is 2. The van der Waals surface area contributed by atoms with E-state index >= 15 is 0 Å². The first-order chi connectivity index (χ1) is 12.7. The molecule has 0 radical (unpaired) electrons. The molecule has 1 aliphatic heterocycles. The van der Waals surface area contributed by atoms with Gasteiger partial charge in [-0.3, -0.25) is 4.79 Å². The van der Waals surface area contributed by atoms with Gasteiger partial charge in [0.25, 0.3) is 0 Å².